The summed E-state index contributed by atoms with van der Waals surface area (Å²) in [6.45, 7) is -0.109. The summed E-state index contributed by atoms with van der Waals surface area (Å²) in [7, 11) is 0. The van der Waals surface area contributed by atoms with Crippen LogP contribution in [0.15, 0.2) is 18.5 Å². The topological polar surface area (TPSA) is 73.3 Å². The molecule has 4 nitrogen and oxygen atoms in total. The van der Waals surface area contributed by atoms with Gasteiger partial charge in [0.15, 0.2) is 0 Å². The Kier molecular flexibility index (Phi) is 2.88. The fourth-order valence-corrected chi connectivity index (χ4v) is 1.12. The molecule has 0 bridgehead atoms. The largest absolute Gasteiger partial charge is 0.481 e. The Bertz CT molecular complexity index is 243. The molecule has 0 radical (unpaired) electrons. The molecule has 0 aromatic carbocycles. The van der Waals surface area contributed by atoms with Crippen molar-refractivity contribution in [1.82, 2.24) is 4.98 Å². The number of H-pyrrole nitrogens is 1. The highest BCUT2D eigenvalue weighted by Crippen LogP contribution is 2.18. The van der Waals surface area contributed by atoms with Gasteiger partial charge in [0.2, 0.25) is 0 Å². The number of rotatable bonds is 4. The first-order valence-corrected chi connectivity index (χ1v) is 3.72. The molecule has 3 N–H and O–H groups in total. The SMILES string of the molecule is O=C(O)C(CCO)c1cc[nH]c1. The Balaban J connectivity index is 2.73. The zero-order valence-corrected chi connectivity index (χ0v) is 6.53. The molecule has 0 aliphatic heterocycles. The van der Waals surface area contributed by atoms with Crippen LogP contribution >= 0.6 is 0 Å². The van der Waals surface area contributed by atoms with Crippen molar-refractivity contribution in [3.05, 3.63) is 24.0 Å². The minimum Gasteiger partial charge on any atom is -0.481 e. The first kappa shape index (κ1) is 8.80. The fourth-order valence-electron chi connectivity index (χ4n) is 1.12. The van der Waals surface area contributed by atoms with Crippen molar-refractivity contribution in [2.45, 2.75) is 12.3 Å². The number of carboxylic acids is 1. The number of carboxylic acid groups (broad SMARTS) is 1. The van der Waals surface area contributed by atoms with Gasteiger partial charge < -0.3 is 15.2 Å². The Hall–Kier alpha value is -1.29. The van der Waals surface area contributed by atoms with Gasteiger partial charge in [-0.2, -0.15) is 0 Å². The molecule has 0 aliphatic carbocycles. The molecule has 1 aromatic rings. The average molecular weight is 169 g/mol. The minimum atomic E-state index is -0.899. The van der Waals surface area contributed by atoms with Crippen LogP contribution in [0.3, 0.4) is 0 Å². The van der Waals surface area contributed by atoms with E-state index in [4.69, 9.17) is 10.2 Å². The van der Waals surface area contributed by atoms with Crippen LogP contribution in [0, 0.1) is 0 Å². The highest BCUT2D eigenvalue weighted by atomic mass is 16.4. The Morgan fingerprint density at radius 3 is 2.83 bits per heavy atom. The second kappa shape index (κ2) is 3.92. The number of hydrogen-bond acceptors (Lipinski definition) is 2. The van der Waals surface area contributed by atoms with E-state index in [1.807, 2.05) is 0 Å². The van der Waals surface area contributed by atoms with Crippen LogP contribution in [0.4, 0.5) is 0 Å². The lowest BCUT2D eigenvalue weighted by Crippen LogP contribution is -2.12. The lowest BCUT2D eigenvalue weighted by atomic mass is 9.99. The maximum Gasteiger partial charge on any atom is 0.311 e. The molecule has 1 atom stereocenters. The van der Waals surface area contributed by atoms with Crippen LogP contribution in [0.1, 0.15) is 17.9 Å². The highest BCUT2D eigenvalue weighted by molar-refractivity contribution is 5.75. The lowest BCUT2D eigenvalue weighted by molar-refractivity contribution is -0.139. The molecule has 0 amide bonds. The van der Waals surface area contributed by atoms with Crippen molar-refractivity contribution in [2.75, 3.05) is 6.61 Å². The molecule has 0 aliphatic rings. The number of aliphatic hydroxyl groups excluding tert-OH is 1. The van der Waals surface area contributed by atoms with E-state index in [0.717, 1.165) is 0 Å². The summed E-state index contributed by atoms with van der Waals surface area (Å²) < 4.78 is 0. The quantitative estimate of drug-likeness (QED) is 0.616. The second-order valence-corrected chi connectivity index (χ2v) is 2.55. The molecule has 4 heteroatoms. The van der Waals surface area contributed by atoms with Gasteiger partial charge in [0.05, 0.1) is 5.92 Å². The van der Waals surface area contributed by atoms with Crippen molar-refractivity contribution in [3.8, 4) is 0 Å². The van der Waals surface area contributed by atoms with Gasteiger partial charge in [-0.1, -0.05) is 0 Å². The van der Waals surface area contributed by atoms with E-state index >= 15 is 0 Å². The number of hydrogen-bond donors (Lipinski definition) is 3. The molecule has 12 heavy (non-hydrogen) atoms. The summed E-state index contributed by atoms with van der Waals surface area (Å²) in [5.41, 5.74) is 0.705. The smallest absolute Gasteiger partial charge is 0.311 e. The number of carbonyl (C=O) groups is 1. The summed E-state index contributed by atoms with van der Waals surface area (Å²) in [6.07, 6.45) is 3.56. The predicted octanol–water partition coefficient (Wildman–Crippen LogP) is 0.565. The van der Waals surface area contributed by atoms with Gasteiger partial charge in [-0.25, -0.2) is 0 Å². The van der Waals surface area contributed by atoms with Crippen LogP contribution in [0.2, 0.25) is 0 Å². The first-order valence-electron chi connectivity index (χ1n) is 3.72. The second-order valence-electron chi connectivity index (χ2n) is 2.55. The van der Waals surface area contributed by atoms with Crippen molar-refractivity contribution >= 4 is 5.97 Å². The standard InChI is InChI=1S/C8H11NO3/c10-4-2-7(8(11)12)6-1-3-9-5-6/h1,3,5,7,9-10H,2,4H2,(H,11,12). The number of aromatic amines is 1. The van der Waals surface area contributed by atoms with Gasteiger partial charge in [0, 0.05) is 19.0 Å². The Morgan fingerprint density at radius 1 is 1.67 bits per heavy atom. The van der Waals surface area contributed by atoms with Gasteiger partial charge >= 0.3 is 5.97 Å². The predicted molar refractivity (Wildman–Crippen MR) is 42.9 cm³/mol. The molecule has 1 rings (SSSR count). The number of aliphatic carboxylic acids is 1. The first-order chi connectivity index (χ1) is 5.75. The summed E-state index contributed by atoms with van der Waals surface area (Å²) in [6, 6.07) is 1.70. The molecule has 1 aromatic heterocycles. The van der Waals surface area contributed by atoms with E-state index in [0.29, 0.717) is 5.56 Å². The van der Waals surface area contributed by atoms with Crippen molar-refractivity contribution in [3.63, 3.8) is 0 Å². The van der Waals surface area contributed by atoms with E-state index in [-0.39, 0.29) is 13.0 Å². The number of aliphatic hydroxyl groups is 1. The van der Waals surface area contributed by atoms with Gasteiger partial charge in [-0.05, 0) is 18.1 Å². The van der Waals surface area contributed by atoms with Gasteiger partial charge in [-0.3, -0.25) is 4.79 Å². The van der Waals surface area contributed by atoms with Crippen LogP contribution in [0.5, 0.6) is 0 Å². The number of aromatic nitrogens is 1. The Labute approximate surface area is 69.9 Å². The number of nitrogens with one attached hydrogen (secondary N) is 1. The van der Waals surface area contributed by atoms with E-state index in [1.165, 1.54) is 0 Å². The molecule has 0 spiro atoms. The summed E-state index contributed by atoms with van der Waals surface area (Å²) >= 11 is 0. The Morgan fingerprint density at radius 2 is 2.42 bits per heavy atom. The fraction of sp³-hybridized carbons (Fsp3) is 0.375. The normalized spacial score (nSPS) is 12.8. The lowest BCUT2D eigenvalue weighted by Gasteiger charge is -2.07. The summed E-state index contributed by atoms with van der Waals surface area (Å²) in [5.74, 6) is -1.50. The molecular formula is C8H11NO3. The molecule has 0 saturated heterocycles. The van der Waals surface area contributed by atoms with Crippen LogP contribution in [-0.4, -0.2) is 27.8 Å². The van der Waals surface area contributed by atoms with Crippen molar-refractivity contribution < 1.29 is 15.0 Å². The van der Waals surface area contributed by atoms with Gasteiger partial charge in [0.1, 0.15) is 0 Å². The third-order valence-electron chi connectivity index (χ3n) is 1.74. The molecule has 1 heterocycles. The van der Waals surface area contributed by atoms with Crippen molar-refractivity contribution in [2.24, 2.45) is 0 Å². The zero-order valence-electron chi connectivity index (χ0n) is 6.53. The third-order valence-corrected chi connectivity index (χ3v) is 1.74. The average Bonchev–Trinajstić information content (AvgIpc) is 2.51. The summed E-state index contributed by atoms with van der Waals surface area (Å²) in [5, 5.41) is 17.4. The monoisotopic (exact) mass is 169 g/mol. The van der Waals surface area contributed by atoms with Crippen LogP contribution in [-0.2, 0) is 4.79 Å². The van der Waals surface area contributed by atoms with Gasteiger partial charge in [-0.15, -0.1) is 0 Å². The van der Waals surface area contributed by atoms with E-state index in [2.05, 4.69) is 4.98 Å². The van der Waals surface area contributed by atoms with Crippen LogP contribution in [0.25, 0.3) is 0 Å². The van der Waals surface area contributed by atoms with Gasteiger partial charge in [0.25, 0.3) is 0 Å². The third kappa shape index (κ3) is 1.85. The molecule has 0 fully saturated rings. The van der Waals surface area contributed by atoms with Crippen LogP contribution < -0.4 is 0 Å². The van der Waals surface area contributed by atoms with E-state index in [9.17, 15) is 4.79 Å². The highest BCUT2D eigenvalue weighted by Gasteiger charge is 2.18. The molecular weight excluding hydrogens is 158 g/mol. The molecule has 0 saturated carbocycles. The molecule has 66 valence electrons. The zero-order chi connectivity index (χ0) is 8.97. The van der Waals surface area contributed by atoms with E-state index < -0.39 is 11.9 Å². The maximum absolute atomic E-state index is 10.7. The van der Waals surface area contributed by atoms with Crippen molar-refractivity contribution in [1.29, 1.82) is 0 Å². The summed E-state index contributed by atoms with van der Waals surface area (Å²) in [4.78, 5) is 13.4. The maximum atomic E-state index is 10.7. The van der Waals surface area contributed by atoms with E-state index in [1.54, 1.807) is 18.5 Å². The minimum absolute atomic E-state index is 0.109. The molecule has 1 unspecified atom stereocenters.